The van der Waals surface area contributed by atoms with Crippen molar-refractivity contribution in [2.75, 3.05) is 20.1 Å². The van der Waals surface area contributed by atoms with Gasteiger partial charge in [-0.25, -0.2) is 4.98 Å². The normalized spacial score (nSPS) is 17.7. The maximum atomic E-state index is 12.2. The van der Waals surface area contributed by atoms with Gasteiger partial charge in [0.15, 0.2) is 0 Å². The number of amides is 1. The number of hydrogen-bond donors (Lipinski definition) is 1. The zero-order valence-corrected chi connectivity index (χ0v) is 13.2. The maximum Gasteiger partial charge on any atom is 0.271 e. The molecule has 0 spiro atoms. The molecule has 1 saturated heterocycles. The van der Waals surface area contributed by atoms with Crippen molar-refractivity contribution < 1.29 is 4.79 Å². The molecule has 2 heterocycles. The molecule has 1 fully saturated rings. The summed E-state index contributed by atoms with van der Waals surface area (Å²) in [6.07, 6.45) is 2.25. The number of nitrogens with zero attached hydrogens (tertiary/aromatic N) is 3. The first-order valence-corrected chi connectivity index (χ1v) is 7.45. The van der Waals surface area contributed by atoms with Gasteiger partial charge in [0.1, 0.15) is 11.5 Å². The third kappa shape index (κ3) is 3.03. The molecule has 1 N–H and O–H groups in total. The molecule has 0 radical (unpaired) electrons. The standard InChI is InChI=1S/C15H26N4O/c1-10(2)16-15(20)14-11(3)19(12(4)17-14)13-6-8-18(5)9-7-13/h10,13H,6-9H2,1-5H3,(H,16,20). The number of carbonyl (C=O) groups excluding carboxylic acids is 1. The molecule has 1 aliphatic heterocycles. The minimum atomic E-state index is -0.0627. The minimum Gasteiger partial charge on any atom is -0.348 e. The quantitative estimate of drug-likeness (QED) is 0.919. The van der Waals surface area contributed by atoms with Gasteiger partial charge in [-0.1, -0.05) is 0 Å². The van der Waals surface area contributed by atoms with Crippen LogP contribution in [0.2, 0.25) is 0 Å². The van der Waals surface area contributed by atoms with E-state index in [0.717, 1.165) is 37.4 Å². The van der Waals surface area contributed by atoms with Crippen LogP contribution in [0.25, 0.3) is 0 Å². The van der Waals surface area contributed by atoms with Crippen LogP contribution in [-0.4, -0.2) is 46.5 Å². The van der Waals surface area contributed by atoms with Gasteiger partial charge in [0.25, 0.3) is 5.91 Å². The summed E-state index contributed by atoms with van der Waals surface area (Å²) in [4.78, 5) is 19.0. The summed E-state index contributed by atoms with van der Waals surface area (Å²) in [5.74, 6) is 0.887. The average molecular weight is 278 g/mol. The zero-order chi connectivity index (χ0) is 14.9. The number of likely N-dealkylation sites (tertiary alicyclic amines) is 1. The Bertz CT molecular complexity index is 484. The summed E-state index contributed by atoms with van der Waals surface area (Å²) >= 11 is 0. The van der Waals surface area contributed by atoms with Gasteiger partial charge in [-0.3, -0.25) is 4.79 Å². The lowest BCUT2D eigenvalue weighted by atomic mass is 10.0. The SMILES string of the molecule is Cc1nc(C(=O)NC(C)C)c(C)n1C1CCN(C)CC1. The van der Waals surface area contributed by atoms with E-state index in [2.05, 4.69) is 26.8 Å². The summed E-state index contributed by atoms with van der Waals surface area (Å²) in [5.41, 5.74) is 1.57. The third-order valence-electron chi connectivity index (χ3n) is 4.01. The molecule has 1 aromatic rings. The molecular formula is C15H26N4O. The van der Waals surface area contributed by atoms with Gasteiger partial charge in [-0.15, -0.1) is 0 Å². The first-order chi connectivity index (χ1) is 9.40. The summed E-state index contributed by atoms with van der Waals surface area (Å²) in [7, 11) is 2.16. The van der Waals surface area contributed by atoms with Crippen molar-refractivity contribution >= 4 is 5.91 Å². The van der Waals surface area contributed by atoms with Crippen LogP contribution in [0.1, 0.15) is 54.7 Å². The molecule has 1 aliphatic rings. The number of aryl methyl sites for hydroxylation is 1. The van der Waals surface area contributed by atoms with Crippen LogP contribution in [-0.2, 0) is 0 Å². The van der Waals surface area contributed by atoms with Crippen molar-refractivity contribution in [2.45, 2.75) is 52.6 Å². The van der Waals surface area contributed by atoms with Crippen LogP contribution in [0.15, 0.2) is 0 Å². The summed E-state index contributed by atoms with van der Waals surface area (Å²) < 4.78 is 2.25. The Morgan fingerprint density at radius 2 is 1.90 bits per heavy atom. The highest BCUT2D eigenvalue weighted by molar-refractivity contribution is 5.93. The fourth-order valence-corrected chi connectivity index (χ4v) is 2.99. The number of carbonyl (C=O) groups is 1. The van der Waals surface area contributed by atoms with Crippen molar-refractivity contribution in [1.82, 2.24) is 19.8 Å². The minimum absolute atomic E-state index is 0.0627. The molecule has 0 bridgehead atoms. The number of piperidine rings is 1. The number of hydrogen-bond acceptors (Lipinski definition) is 3. The van der Waals surface area contributed by atoms with Gasteiger partial charge in [0.2, 0.25) is 0 Å². The van der Waals surface area contributed by atoms with Crippen molar-refractivity contribution in [3.8, 4) is 0 Å². The molecule has 0 unspecified atom stereocenters. The van der Waals surface area contributed by atoms with E-state index in [9.17, 15) is 4.79 Å². The Hall–Kier alpha value is -1.36. The molecule has 2 rings (SSSR count). The van der Waals surface area contributed by atoms with Gasteiger partial charge in [-0.05, 0) is 60.7 Å². The molecule has 1 amide bonds. The van der Waals surface area contributed by atoms with Crippen molar-refractivity contribution in [1.29, 1.82) is 0 Å². The van der Waals surface area contributed by atoms with E-state index in [1.54, 1.807) is 0 Å². The lowest BCUT2D eigenvalue weighted by Crippen LogP contribution is -2.33. The van der Waals surface area contributed by atoms with Gasteiger partial charge < -0.3 is 14.8 Å². The lowest BCUT2D eigenvalue weighted by molar-refractivity contribution is 0.0937. The Labute approximate surface area is 121 Å². The van der Waals surface area contributed by atoms with Gasteiger partial charge in [0.05, 0.1) is 0 Å². The van der Waals surface area contributed by atoms with Crippen molar-refractivity contribution in [3.63, 3.8) is 0 Å². The molecule has 0 saturated carbocycles. The summed E-state index contributed by atoms with van der Waals surface area (Å²) in [6.45, 7) is 10.2. The van der Waals surface area contributed by atoms with Crippen LogP contribution in [0.5, 0.6) is 0 Å². The summed E-state index contributed by atoms with van der Waals surface area (Å²) in [5, 5.41) is 2.93. The third-order valence-corrected chi connectivity index (χ3v) is 4.01. The Morgan fingerprint density at radius 1 is 1.30 bits per heavy atom. The van der Waals surface area contributed by atoms with Crippen LogP contribution >= 0.6 is 0 Å². The predicted molar refractivity (Wildman–Crippen MR) is 80.1 cm³/mol. The van der Waals surface area contributed by atoms with Crippen LogP contribution in [0.4, 0.5) is 0 Å². The molecule has 112 valence electrons. The van der Waals surface area contributed by atoms with E-state index in [4.69, 9.17) is 0 Å². The Balaban J connectivity index is 2.22. The Kier molecular flexibility index (Phi) is 4.48. The van der Waals surface area contributed by atoms with E-state index in [1.165, 1.54) is 0 Å². The second-order valence-corrected chi connectivity index (χ2v) is 6.13. The largest absolute Gasteiger partial charge is 0.348 e. The molecule has 0 aromatic carbocycles. The van der Waals surface area contributed by atoms with Gasteiger partial charge >= 0.3 is 0 Å². The second kappa shape index (κ2) is 5.95. The monoisotopic (exact) mass is 278 g/mol. The second-order valence-electron chi connectivity index (χ2n) is 6.13. The Morgan fingerprint density at radius 3 is 2.45 bits per heavy atom. The number of imidazole rings is 1. The van der Waals surface area contributed by atoms with Gasteiger partial charge in [0, 0.05) is 17.8 Å². The number of aromatic nitrogens is 2. The molecule has 0 aliphatic carbocycles. The van der Waals surface area contributed by atoms with E-state index in [0.29, 0.717) is 11.7 Å². The molecule has 0 atom stereocenters. The van der Waals surface area contributed by atoms with E-state index in [-0.39, 0.29) is 11.9 Å². The highest BCUT2D eigenvalue weighted by Gasteiger charge is 2.25. The van der Waals surface area contributed by atoms with Crippen LogP contribution < -0.4 is 5.32 Å². The fraction of sp³-hybridized carbons (Fsp3) is 0.733. The number of rotatable bonds is 3. The topological polar surface area (TPSA) is 50.2 Å². The zero-order valence-electron chi connectivity index (χ0n) is 13.2. The van der Waals surface area contributed by atoms with E-state index >= 15 is 0 Å². The molecular weight excluding hydrogens is 252 g/mol. The predicted octanol–water partition coefficient (Wildman–Crippen LogP) is 1.90. The van der Waals surface area contributed by atoms with E-state index < -0.39 is 0 Å². The van der Waals surface area contributed by atoms with Crippen LogP contribution in [0, 0.1) is 13.8 Å². The van der Waals surface area contributed by atoms with Crippen molar-refractivity contribution in [2.24, 2.45) is 0 Å². The smallest absolute Gasteiger partial charge is 0.271 e. The first kappa shape index (κ1) is 15.0. The van der Waals surface area contributed by atoms with Crippen LogP contribution in [0.3, 0.4) is 0 Å². The number of nitrogens with one attached hydrogen (secondary N) is 1. The highest BCUT2D eigenvalue weighted by atomic mass is 16.2. The molecule has 1 aromatic heterocycles. The highest BCUT2D eigenvalue weighted by Crippen LogP contribution is 2.26. The van der Waals surface area contributed by atoms with E-state index in [1.807, 2.05) is 27.7 Å². The first-order valence-electron chi connectivity index (χ1n) is 7.45. The maximum absolute atomic E-state index is 12.2. The molecule has 5 heteroatoms. The van der Waals surface area contributed by atoms with Crippen molar-refractivity contribution in [3.05, 3.63) is 17.2 Å². The fourth-order valence-electron chi connectivity index (χ4n) is 2.99. The lowest BCUT2D eigenvalue weighted by Gasteiger charge is -2.31. The summed E-state index contributed by atoms with van der Waals surface area (Å²) in [6, 6.07) is 0.606. The molecule has 20 heavy (non-hydrogen) atoms. The average Bonchev–Trinajstić information content (AvgIpc) is 2.66. The van der Waals surface area contributed by atoms with Gasteiger partial charge in [-0.2, -0.15) is 0 Å². The molecule has 5 nitrogen and oxygen atoms in total.